The molecule has 0 saturated carbocycles. The number of amides is 2. The maximum Gasteiger partial charge on any atom is 0.276 e. The van der Waals surface area contributed by atoms with Crippen molar-refractivity contribution in [2.45, 2.75) is 25.8 Å². The van der Waals surface area contributed by atoms with Crippen LogP contribution < -0.4 is 0 Å². The van der Waals surface area contributed by atoms with Crippen LogP contribution in [0, 0.1) is 12.8 Å². The van der Waals surface area contributed by atoms with Gasteiger partial charge in [0.15, 0.2) is 5.69 Å². The van der Waals surface area contributed by atoms with Gasteiger partial charge in [0, 0.05) is 38.9 Å². The molecule has 0 N–H and O–H groups in total. The molecule has 7 heteroatoms. The molecule has 3 saturated heterocycles. The highest BCUT2D eigenvalue weighted by Crippen LogP contribution is 2.29. The van der Waals surface area contributed by atoms with Crippen LogP contribution in [0.5, 0.6) is 0 Å². The van der Waals surface area contributed by atoms with Crippen molar-refractivity contribution < 1.29 is 18.8 Å². The minimum atomic E-state index is -0.157. The van der Waals surface area contributed by atoms with Crippen LogP contribution in [0.2, 0.25) is 0 Å². The fourth-order valence-electron chi connectivity index (χ4n) is 3.32. The zero-order valence-electron chi connectivity index (χ0n) is 12.9. The molecule has 1 aromatic rings. The van der Waals surface area contributed by atoms with Crippen LogP contribution in [0.4, 0.5) is 0 Å². The van der Waals surface area contributed by atoms with Gasteiger partial charge < -0.3 is 19.1 Å². The third-order valence-corrected chi connectivity index (χ3v) is 4.46. The zero-order chi connectivity index (χ0) is 15.7. The van der Waals surface area contributed by atoms with Gasteiger partial charge in [0.25, 0.3) is 5.91 Å². The summed E-state index contributed by atoms with van der Waals surface area (Å²) in [7, 11) is 1.63. The third kappa shape index (κ3) is 2.72. The summed E-state index contributed by atoms with van der Waals surface area (Å²) in [6.45, 7) is 3.87. The predicted octanol–water partition coefficient (Wildman–Crippen LogP) is 0.692. The molecule has 2 bridgehead atoms. The van der Waals surface area contributed by atoms with Gasteiger partial charge in [-0.25, -0.2) is 0 Å². The van der Waals surface area contributed by atoms with Crippen molar-refractivity contribution in [1.29, 1.82) is 0 Å². The van der Waals surface area contributed by atoms with E-state index < -0.39 is 0 Å². The zero-order valence-corrected chi connectivity index (χ0v) is 12.9. The summed E-state index contributed by atoms with van der Waals surface area (Å²) >= 11 is 0. The minimum absolute atomic E-state index is 0.0679. The quantitative estimate of drug-likeness (QED) is 0.818. The molecule has 120 valence electrons. The monoisotopic (exact) mass is 307 g/mol. The normalized spacial score (nSPS) is 24.7. The van der Waals surface area contributed by atoms with Crippen LogP contribution in [-0.2, 0) is 9.53 Å². The molecule has 1 aromatic heterocycles. The van der Waals surface area contributed by atoms with Gasteiger partial charge in [0.2, 0.25) is 5.91 Å². The topological polar surface area (TPSA) is 75.9 Å². The highest BCUT2D eigenvalue weighted by Gasteiger charge is 2.42. The first-order valence-corrected chi connectivity index (χ1v) is 7.62. The van der Waals surface area contributed by atoms with Gasteiger partial charge in [0.1, 0.15) is 5.76 Å². The van der Waals surface area contributed by atoms with Gasteiger partial charge in [-0.05, 0) is 19.8 Å². The average Bonchev–Trinajstić information content (AvgIpc) is 2.76. The van der Waals surface area contributed by atoms with Crippen molar-refractivity contribution in [3.63, 3.8) is 0 Å². The molecule has 4 heterocycles. The van der Waals surface area contributed by atoms with Crippen molar-refractivity contribution in [1.82, 2.24) is 15.0 Å². The second-order valence-corrected chi connectivity index (χ2v) is 5.99. The third-order valence-electron chi connectivity index (χ3n) is 4.46. The van der Waals surface area contributed by atoms with Gasteiger partial charge in [-0.3, -0.25) is 9.59 Å². The molecule has 22 heavy (non-hydrogen) atoms. The Labute approximate surface area is 129 Å². The summed E-state index contributed by atoms with van der Waals surface area (Å²) < 4.78 is 10.1. The lowest BCUT2D eigenvalue weighted by Gasteiger charge is -2.35. The molecule has 0 unspecified atom stereocenters. The van der Waals surface area contributed by atoms with Crippen LogP contribution in [-0.4, -0.2) is 66.2 Å². The number of aryl methyl sites for hydroxylation is 1. The molecule has 4 rings (SSSR count). The van der Waals surface area contributed by atoms with E-state index in [1.807, 2.05) is 4.90 Å². The molecule has 0 spiro atoms. The maximum atomic E-state index is 12.6. The first-order valence-electron chi connectivity index (χ1n) is 7.62. The van der Waals surface area contributed by atoms with Gasteiger partial charge in [-0.2, -0.15) is 0 Å². The summed E-state index contributed by atoms with van der Waals surface area (Å²) in [5.41, 5.74) is 0.315. The van der Waals surface area contributed by atoms with E-state index >= 15 is 0 Å². The van der Waals surface area contributed by atoms with E-state index in [0.717, 1.165) is 12.8 Å². The Hall–Kier alpha value is -1.89. The lowest BCUT2D eigenvalue weighted by molar-refractivity contribution is -0.140. The Morgan fingerprint density at radius 1 is 1.45 bits per heavy atom. The molecular formula is C15H21N3O4. The van der Waals surface area contributed by atoms with Crippen molar-refractivity contribution in [3.05, 3.63) is 17.5 Å². The number of methoxy groups -OCH3 is 1. The molecule has 3 fully saturated rings. The fourth-order valence-corrected chi connectivity index (χ4v) is 3.32. The van der Waals surface area contributed by atoms with Crippen LogP contribution in [0.1, 0.15) is 29.1 Å². The number of piperidine rings is 1. The number of fused-ring (bicyclic) bond motifs is 4. The number of ether oxygens (including phenoxy) is 1. The van der Waals surface area contributed by atoms with Crippen LogP contribution in [0.15, 0.2) is 10.6 Å². The number of hydrogen-bond donors (Lipinski definition) is 0. The largest absolute Gasteiger partial charge is 0.383 e. The maximum absolute atomic E-state index is 12.6. The number of hydrogen-bond acceptors (Lipinski definition) is 5. The average molecular weight is 307 g/mol. The van der Waals surface area contributed by atoms with Crippen LogP contribution in [0.3, 0.4) is 0 Å². The molecule has 2 atom stereocenters. The Morgan fingerprint density at radius 3 is 2.95 bits per heavy atom. The number of aromatic nitrogens is 1. The highest BCUT2D eigenvalue weighted by atomic mass is 16.5. The molecule has 3 aliphatic heterocycles. The molecular weight excluding hydrogens is 286 g/mol. The van der Waals surface area contributed by atoms with Crippen LogP contribution in [0.25, 0.3) is 0 Å². The second kappa shape index (κ2) is 6.08. The van der Waals surface area contributed by atoms with E-state index in [1.54, 1.807) is 25.0 Å². The number of carbonyl (C=O) groups is 2. The Balaban J connectivity index is 1.77. The fraction of sp³-hybridized carbons (Fsp3) is 0.667. The van der Waals surface area contributed by atoms with E-state index in [4.69, 9.17) is 9.26 Å². The van der Waals surface area contributed by atoms with Gasteiger partial charge in [-0.1, -0.05) is 5.16 Å². The Kier molecular flexibility index (Phi) is 4.15. The molecule has 2 amide bonds. The van der Waals surface area contributed by atoms with Gasteiger partial charge >= 0.3 is 0 Å². The summed E-state index contributed by atoms with van der Waals surface area (Å²) in [4.78, 5) is 28.7. The molecule has 0 aliphatic carbocycles. The number of nitrogens with zero attached hydrogens (tertiary/aromatic N) is 3. The molecule has 0 aromatic carbocycles. The van der Waals surface area contributed by atoms with Gasteiger partial charge in [0.05, 0.1) is 12.5 Å². The second-order valence-electron chi connectivity index (χ2n) is 5.99. The minimum Gasteiger partial charge on any atom is -0.383 e. The van der Waals surface area contributed by atoms with Crippen molar-refractivity contribution >= 4 is 11.8 Å². The Bertz CT molecular complexity index is 571. The van der Waals surface area contributed by atoms with E-state index in [2.05, 4.69) is 5.16 Å². The predicted molar refractivity (Wildman–Crippen MR) is 77.2 cm³/mol. The van der Waals surface area contributed by atoms with Crippen molar-refractivity contribution in [3.8, 4) is 0 Å². The Morgan fingerprint density at radius 2 is 2.27 bits per heavy atom. The highest BCUT2D eigenvalue weighted by molar-refractivity contribution is 5.93. The van der Waals surface area contributed by atoms with Crippen molar-refractivity contribution in [2.75, 3.05) is 33.4 Å². The summed E-state index contributed by atoms with van der Waals surface area (Å²) in [5, 5.41) is 3.79. The summed E-state index contributed by atoms with van der Waals surface area (Å²) in [6, 6.07) is 1.71. The smallest absolute Gasteiger partial charge is 0.276 e. The number of carbonyl (C=O) groups excluding carboxylic acids is 2. The van der Waals surface area contributed by atoms with E-state index in [1.165, 1.54) is 0 Å². The first kappa shape index (κ1) is 15.0. The molecule has 0 radical (unpaired) electrons. The van der Waals surface area contributed by atoms with Crippen LogP contribution >= 0.6 is 0 Å². The summed E-state index contributed by atoms with van der Waals surface area (Å²) in [6.07, 6.45) is 1.77. The van der Waals surface area contributed by atoms with Gasteiger partial charge in [-0.15, -0.1) is 0 Å². The standard InChI is InChI=1S/C15H21N3O4/c1-10-7-13(16-22-10)15(20)17-8-11-3-4-12(9-17)18(14(11)19)5-6-21-2/h7,11-12H,3-6,8-9H2,1-2H3/t11-,12+/m1/s1. The first-order chi connectivity index (χ1) is 10.6. The lowest BCUT2D eigenvalue weighted by Crippen LogP contribution is -2.49. The molecule has 7 nitrogen and oxygen atoms in total. The SMILES string of the molecule is COCCN1C(=O)[C@@H]2CC[C@H]1CN(C(=O)c1cc(C)on1)C2. The van der Waals surface area contributed by atoms with E-state index in [9.17, 15) is 9.59 Å². The van der Waals surface area contributed by atoms with E-state index in [-0.39, 0.29) is 23.8 Å². The summed E-state index contributed by atoms with van der Waals surface area (Å²) in [5.74, 6) is 0.474. The molecule has 3 aliphatic rings. The van der Waals surface area contributed by atoms with E-state index in [0.29, 0.717) is 37.7 Å². The lowest BCUT2D eigenvalue weighted by atomic mass is 9.94. The number of rotatable bonds is 4. The van der Waals surface area contributed by atoms with Crippen molar-refractivity contribution in [2.24, 2.45) is 5.92 Å².